The van der Waals surface area contributed by atoms with Crippen LogP contribution in [-0.4, -0.2) is 22.6 Å². The van der Waals surface area contributed by atoms with Crippen LogP contribution < -0.4 is 19.5 Å². The number of methoxy groups -OCH3 is 2. The molecule has 0 aliphatic rings. The summed E-state index contributed by atoms with van der Waals surface area (Å²) in [5, 5.41) is 4.96. The highest BCUT2D eigenvalue weighted by atomic mass is 32.2. The maximum absolute atomic E-state index is 12.2. The van der Waals surface area contributed by atoms with E-state index in [4.69, 9.17) is 9.47 Å². The second-order valence-electron chi connectivity index (χ2n) is 5.31. The normalized spacial score (nSPS) is 11.0. The van der Waals surface area contributed by atoms with E-state index < -0.39 is 10.0 Å². The van der Waals surface area contributed by atoms with Crippen LogP contribution in [0.4, 0.5) is 17.1 Å². The van der Waals surface area contributed by atoms with Gasteiger partial charge < -0.3 is 14.8 Å². The zero-order valence-electron chi connectivity index (χ0n) is 14.2. The first-order valence-electron chi connectivity index (χ1n) is 7.67. The van der Waals surface area contributed by atoms with Crippen LogP contribution in [0.2, 0.25) is 0 Å². The Bertz CT molecular complexity index is 969. The second kappa shape index (κ2) is 7.67. The van der Waals surface area contributed by atoms with Gasteiger partial charge in [-0.05, 0) is 47.8 Å². The summed E-state index contributed by atoms with van der Waals surface area (Å²) < 4.78 is 37.8. The maximum atomic E-state index is 12.2. The lowest BCUT2D eigenvalue weighted by molar-refractivity contribution is 0.355. The molecular weight excluding hydrogens is 372 g/mol. The van der Waals surface area contributed by atoms with Gasteiger partial charge in [0, 0.05) is 23.1 Å². The number of anilines is 3. The fraction of sp³-hybridized carbons (Fsp3) is 0.111. The fourth-order valence-electron chi connectivity index (χ4n) is 2.32. The average Bonchev–Trinajstić information content (AvgIpc) is 3.19. The van der Waals surface area contributed by atoms with Crippen molar-refractivity contribution in [3.8, 4) is 11.5 Å². The number of hydrogen-bond acceptors (Lipinski definition) is 6. The number of hydrogen-bond donors (Lipinski definition) is 2. The smallest absolute Gasteiger partial charge is 0.271 e. The zero-order valence-corrected chi connectivity index (χ0v) is 15.9. The Balaban J connectivity index is 1.72. The van der Waals surface area contributed by atoms with E-state index in [0.717, 1.165) is 11.4 Å². The van der Waals surface area contributed by atoms with Crippen molar-refractivity contribution in [1.29, 1.82) is 0 Å². The lowest BCUT2D eigenvalue weighted by Crippen LogP contribution is -2.11. The highest BCUT2D eigenvalue weighted by Gasteiger charge is 2.14. The molecule has 0 spiro atoms. The number of benzene rings is 2. The molecule has 6 nitrogen and oxygen atoms in total. The predicted octanol–water partition coefficient (Wildman–Crippen LogP) is 4.31. The summed E-state index contributed by atoms with van der Waals surface area (Å²) in [5.41, 5.74) is 2.14. The van der Waals surface area contributed by atoms with E-state index in [2.05, 4.69) is 10.0 Å². The van der Waals surface area contributed by atoms with Crippen LogP contribution >= 0.6 is 11.3 Å². The van der Waals surface area contributed by atoms with Crippen LogP contribution in [0.3, 0.4) is 0 Å². The molecule has 3 rings (SSSR count). The molecule has 0 bridgehead atoms. The molecule has 0 saturated carbocycles. The minimum absolute atomic E-state index is 0.282. The molecule has 0 amide bonds. The largest absolute Gasteiger partial charge is 0.493 e. The molecule has 0 atom stereocenters. The van der Waals surface area contributed by atoms with E-state index >= 15 is 0 Å². The Morgan fingerprint density at radius 2 is 1.50 bits per heavy atom. The molecule has 0 unspecified atom stereocenters. The van der Waals surface area contributed by atoms with Crippen LogP contribution in [0, 0.1) is 0 Å². The second-order valence-corrected chi connectivity index (χ2v) is 8.17. The molecular formula is C18H18N2O4S2. The van der Waals surface area contributed by atoms with Gasteiger partial charge in [-0.15, -0.1) is 11.3 Å². The summed E-state index contributed by atoms with van der Waals surface area (Å²) in [7, 11) is -0.377. The van der Waals surface area contributed by atoms with Crippen LogP contribution in [0.1, 0.15) is 0 Å². The van der Waals surface area contributed by atoms with E-state index in [-0.39, 0.29) is 4.21 Å². The summed E-state index contributed by atoms with van der Waals surface area (Å²) in [6, 6.07) is 15.8. The lowest BCUT2D eigenvalue weighted by atomic mass is 10.2. The summed E-state index contributed by atoms with van der Waals surface area (Å²) >= 11 is 1.18. The molecule has 8 heteroatoms. The van der Waals surface area contributed by atoms with Crippen molar-refractivity contribution in [1.82, 2.24) is 0 Å². The molecule has 2 aromatic carbocycles. The van der Waals surface area contributed by atoms with Gasteiger partial charge in [-0.25, -0.2) is 8.42 Å². The standard InChI is InChI=1S/C18H18N2O4S2/c1-23-16-10-9-15(12-17(16)24-2)19-13-5-7-14(8-6-13)20-26(21,22)18-4-3-11-25-18/h3-12,19-20H,1-2H3. The first-order chi connectivity index (χ1) is 12.5. The van der Waals surface area contributed by atoms with Gasteiger partial charge in [0.1, 0.15) is 4.21 Å². The topological polar surface area (TPSA) is 76.7 Å². The first-order valence-corrected chi connectivity index (χ1v) is 10.0. The van der Waals surface area contributed by atoms with E-state index in [0.29, 0.717) is 17.2 Å². The SMILES string of the molecule is COc1ccc(Nc2ccc(NS(=O)(=O)c3cccs3)cc2)cc1OC. The quantitative estimate of drug-likeness (QED) is 0.629. The molecule has 0 aliphatic heterocycles. The molecule has 0 fully saturated rings. The Morgan fingerprint density at radius 1 is 0.846 bits per heavy atom. The van der Waals surface area contributed by atoms with Gasteiger partial charge in [0.05, 0.1) is 14.2 Å². The third-order valence-electron chi connectivity index (χ3n) is 3.57. The number of sulfonamides is 1. The third kappa shape index (κ3) is 4.09. The maximum Gasteiger partial charge on any atom is 0.271 e. The van der Waals surface area contributed by atoms with Gasteiger partial charge in [-0.3, -0.25) is 4.72 Å². The van der Waals surface area contributed by atoms with Crippen LogP contribution in [-0.2, 0) is 10.0 Å². The van der Waals surface area contributed by atoms with Gasteiger partial charge >= 0.3 is 0 Å². The van der Waals surface area contributed by atoms with E-state index in [9.17, 15) is 8.42 Å². The molecule has 3 aromatic rings. The van der Waals surface area contributed by atoms with Gasteiger partial charge in [-0.2, -0.15) is 0 Å². The summed E-state index contributed by atoms with van der Waals surface area (Å²) in [6.45, 7) is 0. The molecule has 2 N–H and O–H groups in total. The molecule has 0 saturated heterocycles. The Kier molecular flexibility index (Phi) is 5.34. The molecule has 0 aliphatic carbocycles. The number of thiophene rings is 1. The zero-order chi connectivity index (χ0) is 18.6. The van der Waals surface area contributed by atoms with Crippen LogP contribution in [0.25, 0.3) is 0 Å². The number of ether oxygens (including phenoxy) is 2. The minimum Gasteiger partial charge on any atom is -0.493 e. The van der Waals surface area contributed by atoms with Gasteiger partial charge in [-0.1, -0.05) is 6.07 Å². The van der Waals surface area contributed by atoms with Gasteiger partial charge in [0.15, 0.2) is 11.5 Å². The van der Waals surface area contributed by atoms with Gasteiger partial charge in [0.25, 0.3) is 10.0 Å². The highest BCUT2D eigenvalue weighted by molar-refractivity contribution is 7.94. The van der Waals surface area contributed by atoms with Crippen molar-refractivity contribution in [3.05, 3.63) is 60.0 Å². The minimum atomic E-state index is -3.54. The van der Waals surface area contributed by atoms with E-state index in [1.165, 1.54) is 11.3 Å². The molecule has 0 radical (unpaired) electrons. The third-order valence-corrected chi connectivity index (χ3v) is 6.35. The molecule has 1 heterocycles. The first kappa shape index (κ1) is 18.1. The summed E-state index contributed by atoms with van der Waals surface area (Å²) in [4.78, 5) is 0. The Hall–Kier alpha value is -2.71. The molecule has 1 aromatic heterocycles. The molecule has 26 heavy (non-hydrogen) atoms. The average molecular weight is 390 g/mol. The van der Waals surface area contributed by atoms with E-state index in [1.54, 1.807) is 56.0 Å². The lowest BCUT2D eigenvalue weighted by Gasteiger charge is -2.12. The highest BCUT2D eigenvalue weighted by Crippen LogP contribution is 2.31. The summed E-state index contributed by atoms with van der Waals surface area (Å²) in [6.07, 6.45) is 0. The number of nitrogens with one attached hydrogen (secondary N) is 2. The van der Waals surface area contributed by atoms with Crippen molar-refractivity contribution in [3.63, 3.8) is 0 Å². The van der Waals surface area contributed by atoms with Crippen molar-refractivity contribution < 1.29 is 17.9 Å². The number of rotatable bonds is 7. The molecule has 136 valence electrons. The van der Waals surface area contributed by atoms with Crippen LogP contribution in [0.15, 0.2) is 64.2 Å². The Labute approximate surface area is 156 Å². The van der Waals surface area contributed by atoms with Crippen molar-refractivity contribution in [2.75, 3.05) is 24.3 Å². The predicted molar refractivity (Wildman–Crippen MR) is 104 cm³/mol. The van der Waals surface area contributed by atoms with Crippen molar-refractivity contribution in [2.45, 2.75) is 4.21 Å². The van der Waals surface area contributed by atoms with Crippen molar-refractivity contribution in [2.24, 2.45) is 0 Å². The van der Waals surface area contributed by atoms with Gasteiger partial charge in [0.2, 0.25) is 0 Å². The van der Waals surface area contributed by atoms with Crippen LogP contribution in [0.5, 0.6) is 11.5 Å². The Morgan fingerprint density at radius 3 is 2.12 bits per heavy atom. The summed E-state index contributed by atoms with van der Waals surface area (Å²) in [5.74, 6) is 1.27. The monoisotopic (exact) mass is 390 g/mol. The van der Waals surface area contributed by atoms with Crippen molar-refractivity contribution >= 4 is 38.4 Å². The fourth-order valence-corrected chi connectivity index (χ4v) is 4.38. The van der Waals surface area contributed by atoms with E-state index in [1.807, 2.05) is 18.2 Å².